The van der Waals surface area contributed by atoms with Crippen LogP contribution in [0.2, 0.25) is 0 Å². The molecular weight excluding hydrogens is 417 g/mol. The molecule has 0 bridgehead atoms. The van der Waals surface area contributed by atoms with E-state index in [1.165, 1.54) is 12.1 Å². The van der Waals surface area contributed by atoms with Gasteiger partial charge in [-0.3, -0.25) is 4.90 Å². The fourth-order valence-electron chi connectivity index (χ4n) is 3.40. The van der Waals surface area contributed by atoms with E-state index < -0.39 is 20.2 Å². The van der Waals surface area contributed by atoms with Crippen molar-refractivity contribution in [3.05, 3.63) is 48.2 Å². The Kier molecular flexibility index (Phi) is 6.28. The fourth-order valence-corrected chi connectivity index (χ4v) is 4.16. The van der Waals surface area contributed by atoms with Gasteiger partial charge in [0, 0.05) is 37.1 Å². The smallest absolute Gasteiger partial charge is 0.368 e. The highest BCUT2D eigenvalue weighted by Gasteiger charge is 2.46. The predicted molar refractivity (Wildman–Crippen MR) is 110 cm³/mol. The molecule has 1 saturated heterocycles. The zero-order valence-electron chi connectivity index (χ0n) is 17.0. The second kappa shape index (κ2) is 8.43. The number of halogens is 3. The Morgan fingerprint density at radius 2 is 1.87 bits per heavy atom. The minimum absolute atomic E-state index is 0.221. The van der Waals surface area contributed by atoms with E-state index in [0.29, 0.717) is 25.4 Å². The highest BCUT2D eigenvalue weighted by Crippen LogP contribution is 2.32. The highest BCUT2D eigenvalue weighted by atomic mass is 32.2. The summed E-state index contributed by atoms with van der Waals surface area (Å²) in [6.45, 7) is 8.14. The van der Waals surface area contributed by atoms with Crippen LogP contribution >= 0.6 is 0 Å². The first-order valence-corrected chi connectivity index (χ1v) is 11.1. The van der Waals surface area contributed by atoms with Gasteiger partial charge in [0.15, 0.2) is 0 Å². The molecule has 0 saturated carbocycles. The standard InChI is InChI=1S/C20H25F3N4O2S/c1-14(2)25-19-10-16(8-9-24-19)12-26-13-27(11-15(26)3)17-4-6-18(7-5-17)30(28,29)20(21,22)23/h4-10,14-15H,11-13H2,1-3H3,(H,24,25). The number of rotatable bonds is 6. The van der Waals surface area contributed by atoms with Crippen molar-refractivity contribution in [3.63, 3.8) is 0 Å². The molecule has 0 aliphatic carbocycles. The molecule has 10 heteroatoms. The van der Waals surface area contributed by atoms with E-state index >= 15 is 0 Å². The summed E-state index contributed by atoms with van der Waals surface area (Å²) in [7, 11) is -5.33. The lowest BCUT2D eigenvalue weighted by molar-refractivity contribution is -0.0436. The van der Waals surface area contributed by atoms with E-state index in [9.17, 15) is 21.6 Å². The Morgan fingerprint density at radius 3 is 2.47 bits per heavy atom. The molecule has 1 N–H and O–H groups in total. The van der Waals surface area contributed by atoms with Gasteiger partial charge in [-0.25, -0.2) is 13.4 Å². The maximum Gasteiger partial charge on any atom is 0.501 e. The number of hydrogen-bond donors (Lipinski definition) is 1. The number of alkyl halides is 3. The van der Waals surface area contributed by atoms with Gasteiger partial charge in [0.2, 0.25) is 0 Å². The van der Waals surface area contributed by atoms with Crippen LogP contribution in [0.5, 0.6) is 0 Å². The zero-order chi connectivity index (χ0) is 22.1. The molecule has 1 aliphatic rings. The first-order chi connectivity index (χ1) is 14.0. The highest BCUT2D eigenvalue weighted by molar-refractivity contribution is 7.92. The summed E-state index contributed by atoms with van der Waals surface area (Å²) in [6, 6.07) is 9.33. The first-order valence-electron chi connectivity index (χ1n) is 9.59. The van der Waals surface area contributed by atoms with Crippen molar-refractivity contribution in [1.82, 2.24) is 9.88 Å². The Bertz CT molecular complexity index is 978. The molecule has 30 heavy (non-hydrogen) atoms. The van der Waals surface area contributed by atoms with Crippen LogP contribution in [0.4, 0.5) is 24.7 Å². The number of nitrogens with one attached hydrogen (secondary N) is 1. The number of anilines is 2. The second-order valence-corrected chi connectivity index (χ2v) is 9.69. The third-order valence-corrected chi connectivity index (χ3v) is 6.43. The molecule has 1 aliphatic heterocycles. The van der Waals surface area contributed by atoms with Gasteiger partial charge in [0.25, 0.3) is 9.84 Å². The van der Waals surface area contributed by atoms with Gasteiger partial charge in [0.1, 0.15) is 5.82 Å². The predicted octanol–water partition coefficient (Wildman–Crippen LogP) is 3.86. The molecule has 0 spiro atoms. The van der Waals surface area contributed by atoms with Gasteiger partial charge in [-0.2, -0.15) is 13.2 Å². The summed E-state index contributed by atoms with van der Waals surface area (Å²) in [6.07, 6.45) is 1.76. The van der Waals surface area contributed by atoms with Crippen LogP contribution < -0.4 is 10.2 Å². The fraction of sp³-hybridized carbons (Fsp3) is 0.450. The quantitative estimate of drug-likeness (QED) is 0.733. The summed E-state index contributed by atoms with van der Waals surface area (Å²) < 4.78 is 61.2. The lowest BCUT2D eigenvalue weighted by Crippen LogP contribution is -2.28. The van der Waals surface area contributed by atoms with Crippen LogP contribution in [0, 0.1) is 0 Å². The second-order valence-electron chi connectivity index (χ2n) is 7.75. The number of nitrogens with zero attached hydrogens (tertiary/aromatic N) is 3. The van der Waals surface area contributed by atoms with Crippen LogP contribution in [-0.4, -0.2) is 49.1 Å². The number of sulfone groups is 1. The average Bonchev–Trinajstić information content (AvgIpc) is 3.01. The summed E-state index contributed by atoms with van der Waals surface area (Å²) in [5.74, 6) is 0.813. The van der Waals surface area contributed by atoms with Crippen molar-refractivity contribution in [3.8, 4) is 0 Å². The van der Waals surface area contributed by atoms with E-state index in [-0.39, 0.29) is 12.1 Å². The van der Waals surface area contributed by atoms with Gasteiger partial charge >= 0.3 is 5.51 Å². The Labute approximate surface area is 174 Å². The molecule has 6 nitrogen and oxygen atoms in total. The molecule has 1 aromatic heterocycles. The number of aromatic nitrogens is 1. The van der Waals surface area contributed by atoms with Gasteiger partial charge in [-0.05, 0) is 62.7 Å². The van der Waals surface area contributed by atoms with Gasteiger partial charge < -0.3 is 10.2 Å². The van der Waals surface area contributed by atoms with E-state index in [1.807, 2.05) is 30.9 Å². The normalized spacial score (nSPS) is 18.2. The molecule has 1 fully saturated rings. The average molecular weight is 443 g/mol. The van der Waals surface area contributed by atoms with E-state index in [0.717, 1.165) is 23.5 Å². The zero-order valence-corrected chi connectivity index (χ0v) is 17.8. The van der Waals surface area contributed by atoms with Gasteiger partial charge in [-0.15, -0.1) is 0 Å². The van der Waals surface area contributed by atoms with Crippen LogP contribution in [0.3, 0.4) is 0 Å². The number of hydrogen-bond acceptors (Lipinski definition) is 6. The summed E-state index contributed by atoms with van der Waals surface area (Å²) in [5, 5.41) is 3.27. The summed E-state index contributed by atoms with van der Waals surface area (Å²) >= 11 is 0. The van der Waals surface area contributed by atoms with Gasteiger partial charge in [0.05, 0.1) is 11.6 Å². The SMILES string of the molecule is CC(C)Nc1cc(CN2CN(c3ccc(S(=O)(=O)C(F)(F)F)cc3)CC2C)ccn1. The molecule has 3 rings (SSSR count). The van der Waals surface area contributed by atoms with Crippen LogP contribution in [0.25, 0.3) is 0 Å². The topological polar surface area (TPSA) is 65.5 Å². The molecule has 2 heterocycles. The third kappa shape index (κ3) is 4.86. The van der Waals surface area contributed by atoms with E-state index in [4.69, 9.17) is 0 Å². The van der Waals surface area contributed by atoms with Crippen molar-refractivity contribution in [2.24, 2.45) is 0 Å². The molecule has 0 radical (unpaired) electrons. The number of benzene rings is 1. The van der Waals surface area contributed by atoms with Crippen LogP contribution in [-0.2, 0) is 16.4 Å². The number of pyridine rings is 1. The first kappa shape index (κ1) is 22.4. The molecule has 1 unspecified atom stereocenters. The largest absolute Gasteiger partial charge is 0.501 e. The van der Waals surface area contributed by atoms with E-state index in [2.05, 4.69) is 22.1 Å². The molecular formula is C20H25F3N4O2S. The lowest BCUT2D eigenvalue weighted by atomic mass is 10.2. The molecule has 1 atom stereocenters. The Morgan fingerprint density at radius 1 is 1.20 bits per heavy atom. The summed E-state index contributed by atoms with van der Waals surface area (Å²) in [5.41, 5.74) is -3.52. The van der Waals surface area contributed by atoms with E-state index in [1.54, 1.807) is 6.20 Å². The maximum atomic E-state index is 12.7. The molecule has 2 aromatic rings. The van der Waals surface area contributed by atoms with Crippen molar-refractivity contribution in [2.45, 2.75) is 49.8 Å². The Hall–Kier alpha value is -2.33. The van der Waals surface area contributed by atoms with Crippen LogP contribution in [0.15, 0.2) is 47.5 Å². The third-order valence-electron chi connectivity index (χ3n) is 4.92. The van der Waals surface area contributed by atoms with Crippen molar-refractivity contribution in [1.29, 1.82) is 0 Å². The monoisotopic (exact) mass is 442 g/mol. The maximum absolute atomic E-state index is 12.7. The molecule has 164 valence electrons. The van der Waals surface area contributed by atoms with Crippen LogP contribution in [0.1, 0.15) is 26.3 Å². The minimum Gasteiger partial charge on any atom is -0.368 e. The van der Waals surface area contributed by atoms with Crippen molar-refractivity contribution < 1.29 is 21.6 Å². The van der Waals surface area contributed by atoms with Crippen molar-refractivity contribution >= 4 is 21.3 Å². The molecule has 1 aromatic carbocycles. The van der Waals surface area contributed by atoms with Gasteiger partial charge in [-0.1, -0.05) is 0 Å². The molecule has 0 amide bonds. The van der Waals surface area contributed by atoms with Crippen molar-refractivity contribution in [2.75, 3.05) is 23.4 Å². The lowest BCUT2D eigenvalue weighted by Gasteiger charge is -2.21. The summed E-state index contributed by atoms with van der Waals surface area (Å²) in [4.78, 5) is 7.83. The Balaban J connectivity index is 1.69. The minimum atomic E-state index is -5.33.